The molecule has 0 aliphatic carbocycles. The van der Waals surface area contributed by atoms with Gasteiger partial charge in [0.15, 0.2) is 5.96 Å². The lowest BCUT2D eigenvalue weighted by Gasteiger charge is -2.30. The molecule has 1 atom stereocenters. The van der Waals surface area contributed by atoms with E-state index in [0.717, 1.165) is 44.5 Å². The van der Waals surface area contributed by atoms with Gasteiger partial charge in [-0.15, -0.1) is 0 Å². The van der Waals surface area contributed by atoms with Crippen LogP contribution in [0.5, 0.6) is 0 Å². The number of piperidine rings is 1. The van der Waals surface area contributed by atoms with Gasteiger partial charge in [-0.1, -0.05) is 45.0 Å². The third-order valence-corrected chi connectivity index (χ3v) is 6.40. The number of rotatable bonds is 7. The minimum Gasteiger partial charge on any atom is -0.357 e. The van der Waals surface area contributed by atoms with Gasteiger partial charge < -0.3 is 15.5 Å². The van der Waals surface area contributed by atoms with E-state index in [0.29, 0.717) is 6.54 Å². The van der Waals surface area contributed by atoms with Gasteiger partial charge in [0.05, 0.1) is 6.54 Å². The summed E-state index contributed by atoms with van der Waals surface area (Å²) < 4.78 is 0. The van der Waals surface area contributed by atoms with E-state index in [-0.39, 0.29) is 17.9 Å². The van der Waals surface area contributed by atoms with Crippen LogP contribution in [0.4, 0.5) is 0 Å². The van der Waals surface area contributed by atoms with Crippen molar-refractivity contribution < 1.29 is 4.79 Å². The fourth-order valence-electron chi connectivity index (χ4n) is 4.36. The molecular weight excluding hydrogens is 386 g/mol. The highest BCUT2D eigenvalue weighted by Crippen LogP contribution is 2.18. The van der Waals surface area contributed by atoms with Crippen molar-refractivity contribution in [3.8, 4) is 0 Å². The van der Waals surface area contributed by atoms with Gasteiger partial charge in [0, 0.05) is 38.1 Å². The number of nitrogens with zero attached hydrogens (tertiary/aromatic N) is 3. The van der Waals surface area contributed by atoms with E-state index in [1.54, 1.807) is 0 Å². The third-order valence-electron chi connectivity index (χ3n) is 6.40. The van der Waals surface area contributed by atoms with Crippen LogP contribution in [0.15, 0.2) is 29.3 Å². The highest BCUT2D eigenvalue weighted by atomic mass is 16.2. The molecule has 0 radical (unpaired) electrons. The molecule has 0 bridgehead atoms. The summed E-state index contributed by atoms with van der Waals surface area (Å²) in [6.45, 7) is 14.9. The average molecular weight is 428 g/mol. The van der Waals surface area contributed by atoms with Gasteiger partial charge in [-0.05, 0) is 56.3 Å². The van der Waals surface area contributed by atoms with Crippen LogP contribution in [0.25, 0.3) is 0 Å². The molecule has 2 heterocycles. The normalized spacial score (nSPS) is 21.0. The summed E-state index contributed by atoms with van der Waals surface area (Å²) in [5.41, 5.74) is 2.60. The summed E-state index contributed by atoms with van der Waals surface area (Å²) in [4.78, 5) is 21.5. The topological polar surface area (TPSA) is 60.0 Å². The number of hydrogen-bond donors (Lipinski definition) is 2. The Bertz CT molecular complexity index is 722. The van der Waals surface area contributed by atoms with Gasteiger partial charge in [0.1, 0.15) is 0 Å². The molecule has 31 heavy (non-hydrogen) atoms. The average Bonchev–Trinajstić information content (AvgIpc) is 3.22. The zero-order valence-corrected chi connectivity index (χ0v) is 19.9. The van der Waals surface area contributed by atoms with Crippen LogP contribution in [-0.2, 0) is 17.9 Å². The predicted molar refractivity (Wildman–Crippen MR) is 128 cm³/mol. The van der Waals surface area contributed by atoms with E-state index in [9.17, 15) is 4.79 Å². The summed E-state index contributed by atoms with van der Waals surface area (Å²) in [6.07, 6.45) is 3.60. The Hall–Kier alpha value is -2.08. The molecule has 6 nitrogen and oxygen atoms in total. The fourth-order valence-corrected chi connectivity index (χ4v) is 4.36. The van der Waals surface area contributed by atoms with Gasteiger partial charge in [-0.25, -0.2) is 4.99 Å². The Morgan fingerprint density at radius 3 is 2.42 bits per heavy atom. The summed E-state index contributed by atoms with van der Waals surface area (Å²) in [5, 5.41) is 6.86. The molecule has 3 rings (SSSR count). The van der Waals surface area contributed by atoms with Crippen LogP contribution >= 0.6 is 0 Å². The second-order valence-electron chi connectivity index (χ2n) is 9.54. The number of benzene rings is 1. The van der Waals surface area contributed by atoms with E-state index in [1.165, 1.54) is 37.1 Å². The maximum absolute atomic E-state index is 12.2. The van der Waals surface area contributed by atoms with Crippen LogP contribution in [0.3, 0.4) is 0 Å². The lowest BCUT2D eigenvalue weighted by atomic mass is 9.99. The molecular formula is C25H41N5O. The molecule has 0 saturated carbocycles. The van der Waals surface area contributed by atoms with E-state index < -0.39 is 0 Å². The van der Waals surface area contributed by atoms with Crippen molar-refractivity contribution >= 4 is 11.9 Å². The maximum Gasteiger partial charge on any atom is 0.225 e. The Balaban J connectivity index is 1.50. The molecule has 1 aromatic rings. The number of amides is 1. The molecule has 0 aromatic heterocycles. The van der Waals surface area contributed by atoms with Crippen LogP contribution in [0.1, 0.15) is 58.1 Å². The summed E-state index contributed by atoms with van der Waals surface area (Å²) in [5.74, 6) is 2.00. The third kappa shape index (κ3) is 7.23. The predicted octanol–water partition coefficient (Wildman–Crippen LogP) is 3.23. The summed E-state index contributed by atoms with van der Waals surface area (Å²) >= 11 is 0. The van der Waals surface area contributed by atoms with Crippen LogP contribution in [0, 0.1) is 11.8 Å². The lowest BCUT2D eigenvalue weighted by Crippen LogP contribution is -2.45. The number of aliphatic imine (C=N–C) groups is 1. The molecule has 1 amide bonds. The molecule has 2 aliphatic heterocycles. The molecule has 2 fully saturated rings. The van der Waals surface area contributed by atoms with Gasteiger partial charge in [-0.3, -0.25) is 9.69 Å². The molecule has 6 heteroatoms. The van der Waals surface area contributed by atoms with Crippen molar-refractivity contribution in [1.29, 1.82) is 0 Å². The zero-order valence-electron chi connectivity index (χ0n) is 19.9. The van der Waals surface area contributed by atoms with E-state index in [1.807, 2.05) is 18.7 Å². The van der Waals surface area contributed by atoms with Gasteiger partial charge in [0.25, 0.3) is 0 Å². The highest BCUT2D eigenvalue weighted by molar-refractivity contribution is 5.81. The van der Waals surface area contributed by atoms with Crippen molar-refractivity contribution in [3.63, 3.8) is 0 Å². The Kier molecular flexibility index (Phi) is 8.76. The largest absolute Gasteiger partial charge is 0.357 e. The SMILES string of the molecule is CCNC(=NCc1ccc(CN2CCC(C)CC2)cc1)NC1CCN(C(=O)C(C)C)C1. The second-order valence-corrected chi connectivity index (χ2v) is 9.54. The van der Waals surface area contributed by atoms with Crippen LogP contribution in [0.2, 0.25) is 0 Å². The summed E-state index contributed by atoms with van der Waals surface area (Å²) in [6, 6.07) is 9.15. The second kappa shape index (κ2) is 11.5. The molecule has 172 valence electrons. The number of hydrogen-bond acceptors (Lipinski definition) is 3. The number of carbonyl (C=O) groups is 1. The number of guanidine groups is 1. The van der Waals surface area contributed by atoms with E-state index >= 15 is 0 Å². The van der Waals surface area contributed by atoms with Crippen molar-refractivity contribution in [1.82, 2.24) is 20.4 Å². The van der Waals surface area contributed by atoms with Crippen molar-refractivity contribution in [2.75, 3.05) is 32.7 Å². The molecule has 1 aromatic carbocycles. The molecule has 2 aliphatic rings. The van der Waals surface area contributed by atoms with Crippen LogP contribution < -0.4 is 10.6 Å². The van der Waals surface area contributed by atoms with Gasteiger partial charge >= 0.3 is 0 Å². The van der Waals surface area contributed by atoms with Gasteiger partial charge in [-0.2, -0.15) is 0 Å². The van der Waals surface area contributed by atoms with Gasteiger partial charge in [0.2, 0.25) is 5.91 Å². The Morgan fingerprint density at radius 2 is 1.77 bits per heavy atom. The number of likely N-dealkylation sites (tertiary alicyclic amines) is 2. The molecule has 0 spiro atoms. The first-order chi connectivity index (χ1) is 14.9. The standard InChI is InChI=1S/C25H41N5O/c1-5-26-25(28-23-12-15-30(18-23)24(31)19(2)3)27-16-21-6-8-22(9-7-21)17-29-13-10-20(4)11-14-29/h6-9,19-20,23H,5,10-18H2,1-4H3,(H2,26,27,28). The minimum absolute atomic E-state index is 0.0575. The van der Waals surface area contributed by atoms with Crippen LogP contribution in [-0.4, -0.2) is 60.4 Å². The van der Waals surface area contributed by atoms with Crippen molar-refractivity contribution in [3.05, 3.63) is 35.4 Å². The smallest absolute Gasteiger partial charge is 0.225 e. The first kappa shape index (κ1) is 23.6. The lowest BCUT2D eigenvalue weighted by molar-refractivity contribution is -0.133. The number of carbonyl (C=O) groups excluding carboxylic acids is 1. The minimum atomic E-state index is 0.0575. The highest BCUT2D eigenvalue weighted by Gasteiger charge is 2.27. The fraction of sp³-hybridized carbons (Fsp3) is 0.680. The summed E-state index contributed by atoms with van der Waals surface area (Å²) in [7, 11) is 0. The number of nitrogens with one attached hydrogen (secondary N) is 2. The van der Waals surface area contributed by atoms with E-state index in [2.05, 4.69) is 53.6 Å². The van der Waals surface area contributed by atoms with Crippen molar-refractivity contribution in [2.45, 2.75) is 66.1 Å². The Morgan fingerprint density at radius 1 is 1.10 bits per heavy atom. The van der Waals surface area contributed by atoms with Crippen molar-refractivity contribution in [2.24, 2.45) is 16.8 Å². The first-order valence-electron chi connectivity index (χ1n) is 12.1. The zero-order chi connectivity index (χ0) is 22.2. The maximum atomic E-state index is 12.2. The van der Waals surface area contributed by atoms with E-state index in [4.69, 9.17) is 4.99 Å². The monoisotopic (exact) mass is 427 g/mol. The quantitative estimate of drug-likeness (QED) is 0.518. The first-order valence-corrected chi connectivity index (χ1v) is 12.1. The Labute approximate surface area is 188 Å². The molecule has 2 N–H and O–H groups in total. The molecule has 2 saturated heterocycles. The molecule has 1 unspecified atom stereocenters.